The number of rotatable bonds is 3. The Hall–Kier alpha value is -2.50. The molecule has 4 nitrogen and oxygen atoms in total. The second-order valence-electron chi connectivity index (χ2n) is 4.60. The molecule has 0 heterocycles. The van der Waals surface area contributed by atoms with Gasteiger partial charge in [0, 0.05) is 5.56 Å². The minimum Gasteiger partial charge on any atom is -0.505 e. The molecule has 9 heteroatoms. The molecule has 3 N–H and O–H groups in total. The molecule has 128 valence electrons. The molecule has 2 aromatic carbocycles. The van der Waals surface area contributed by atoms with Crippen LogP contribution in [0.3, 0.4) is 0 Å². The maximum Gasteiger partial charge on any atom is 0.573 e. The van der Waals surface area contributed by atoms with Gasteiger partial charge in [0.25, 0.3) is 0 Å². The third-order valence-electron chi connectivity index (χ3n) is 3.03. The van der Waals surface area contributed by atoms with Crippen LogP contribution >= 0.6 is 12.4 Å². The predicted molar refractivity (Wildman–Crippen MR) is 79.2 cm³/mol. The number of nitrogens with zero attached hydrogens (tertiary/aromatic N) is 1. The minimum atomic E-state index is -4.81. The number of aromatic hydroxyl groups is 1. The molecule has 0 aliphatic rings. The van der Waals surface area contributed by atoms with Crippen LogP contribution in [-0.4, -0.2) is 11.5 Å². The van der Waals surface area contributed by atoms with Crippen molar-refractivity contribution in [3.63, 3.8) is 0 Å². The number of hydrogen-bond acceptors (Lipinski definition) is 4. The molecule has 0 fully saturated rings. The Labute approximate surface area is 140 Å². The Bertz CT molecular complexity index is 758. The minimum absolute atomic E-state index is 0. The number of phenolic OH excluding ortho intramolecular Hbond substituents is 1. The van der Waals surface area contributed by atoms with Gasteiger partial charge in [0.15, 0.2) is 11.6 Å². The fraction of sp³-hybridized carbons (Fsp3) is 0.133. The quantitative estimate of drug-likeness (QED) is 0.815. The lowest BCUT2D eigenvalue weighted by Gasteiger charge is -2.16. The molecular formula is C15H11ClF4N2O2. The van der Waals surface area contributed by atoms with Gasteiger partial charge >= 0.3 is 6.36 Å². The highest BCUT2D eigenvalue weighted by Gasteiger charge is 2.31. The summed E-state index contributed by atoms with van der Waals surface area (Å²) >= 11 is 0. The first-order valence-corrected chi connectivity index (χ1v) is 6.25. The summed E-state index contributed by atoms with van der Waals surface area (Å²) in [4.78, 5) is 0. The average molecular weight is 363 g/mol. The highest BCUT2D eigenvalue weighted by molar-refractivity contribution is 5.85. The SMILES string of the molecule is Cl.N#Cc1cc(F)c(O)c([C@H](N)c2ccc(OC(F)(F)F)cc2)c1. The van der Waals surface area contributed by atoms with E-state index in [0.717, 1.165) is 18.2 Å². The maximum atomic E-state index is 13.6. The number of ether oxygens (including phenoxy) is 1. The summed E-state index contributed by atoms with van der Waals surface area (Å²) in [6, 6.07) is 7.36. The van der Waals surface area contributed by atoms with Crippen LogP contribution in [0.4, 0.5) is 17.6 Å². The largest absolute Gasteiger partial charge is 0.573 e. The average Bonchev–Trinajstić information content (AvgIpc) is 2.48. The van der Waals surface area contributed by atoms with Crippen LogP contribution in [-0.2, 0) is 0 Å². The van der Waals surface area contributed by atoms with Gasteiger partial charge in [0.05, 0.1) is 17.7 Å². The van der Waals surface area contributed by atoms with Crippen molar-refractivity contribution >= 4 is 12.4 Å². The van der Waals surface area contributed by atoms with Crippen LogP contribution in [0.15, 0.2) is 36.4 Å². The zero-order valence-electron chi connectivity index (χ0n) is 11.8. The van der Waals surface area contributed by atoms with Gasteiger partial charge in [-0.05, 0) is 29.8 Å². The second kappa shape index (κ2) is 7.38. The maximum absolute atomic E-state index is 13.6. The summed E-state index contributed by atoms with van der Waals surface area (Å²) in [6.45, 7) is 0. The lowest BCUT2D eigenvalue weighted by atomic mass is 9.97. The van der Waals surface area contributed by atoms with Gasteiger partial charge < -0.3 is 15.6 Å². The molecule has 0 aliphatic heterocycles. The molecule has 1 atom stereocenters. The number of phenols is 1. The Balaban J connectivity index is 0.00000288. The summed E-state index contributed by atoms with van der Waals surface area (Å²) in [7, 11) is 0. The van der Waals surface area contributed by atoms with Crippen molar-refractivity contribution in [1.82, 2.24) is 0 Å². The molecule has 0 radical (unpaired) electrons. The van der Waals surface area contributed by atoms with Crippen molar-refractivity contribution in [2.45, 2.75) is 12.4 Å². The van der Waals surface area contributed by atoms with Crippen LogP contribution in [0, 0.1) is 17.1 Å². The summed E-state index contributed by atoms with van der Waals surface area (Å²) in [5, 5.41) is 18.5. The molecular weight excluding hydrogens is 352 g/mol. The van der Waals surface area contributed by atoms with Gasteiger partial charge in [0.1, 0.15) is 5.75 Å². The monoisotopic (exact) mass is 362 g/mol. The Morgan fingerprint density at radius 2 is 1.75 bits per heavy atom. The van der Waals surface area contributed by atoms with Gasteiger partial charge in [-0.1, -0.05) is 12.1 Å². The molecule has 0 aromatic heterocycles. The van der Waals surface area contributed by atoms with Crippen molar-refractivity contribution in [1.29, 1.82) is 5.26 Å². The standard InChI is InChI=1S/C15H10F4N2O2.ClH/c16-12-6-8(7-20)5-11(14(12)22)13(21)9-1-3-10(4-2-9)23-15(17,18)19;/h1-6,13,22H,21H2;1H/t13-;/m1./s1. The topological polar surface area (TPSA) is 79.3 Å². The fourth-order valence-electron chi connectivity index (χ4n) is 1.98. The van der Waals surface area contributed by atoms with Gasteiger partial charge in [-0.15, -0.1) is 25.6 Å². The molecule has 0 saturated heterocycles. The van der Waals surface area contributed by atoms with Crippen LogP contribution < -0.4 is 10.5 Å². The molecule has 0 unspecified atom stereocenters. The number of nitrogens with two attached hydrogens (primary N) is 1. The van der Waals surface area contributed by atoms with Gasteiger partial charge in [-0.3, -0.25) is 0 Å². The third kappa shape index (κ3) is 4.50. The Kier molecular flexibility index (Phi) is 6.01. The second-order valence-corrected chi connectivity index (χ2v) is 4.60. The highest BCUT2D eigenvalue weighted by Crippen LogP contribution is 2.32. The third-order valence-corrected chi connectivity index (χ3v) is 3.03. The van der Waals surface area contributed by atoms with E-state index in [1.165, 1.54) is 18.2 Å². The number of halogens is 5. The van der Waals surface area contributed by atoms with E-state index in [2.05, 4.69) is 4.74 Å². The van der Waals surface area contributed by atoms with Crippen LogP contribution in [0.1, 0.15) is 22.7 Å². The van der Waals surface area contributed by atoms with Crippen LogP contribution in [0.5, 0.6) is 11.5 Å². The zero-order valence-corrected chi connectivity index (χ0v) is 12.7. The van der Waals surface area contributed by atoms with E-state index >= 15 is 0 Å². The first-order chi connectivity index (χ1) is 10.7. The molecule has 24 heavy (non-hydrogen) atoms. The number of benzene rings is 2. The first kappa shape index (κ1) is 19.5. The predicted octanol–water partition coefficient (Wildman–Crippen LogP) is 3.77. The smallest absolute Gasteiger partial charge is 0.505 e. The van der Waals surface area contributed by atoms with Crippen LogP contribution in [0.2, 0.25) is 0 Å². The summed E-state index contributed by atoms with van der Waals surface area (Å²) in [5.74, 6) is -2.16. The van der Waals surface area contributed by atoms with Crippen molar-refractivity contribution in [3.05, 3.63) is 58.9 Å². The Morgan fingerprint density at radius 1 is 1.17 bits per heavy atom. The summed E-state index contributed by atoms with van der Waals surface area (Å²) in [6.07, 6.45) is -4.81. The number of nitriles is 1. The van der Waals surface area contributed by atoms with Crippen molar-refractivity contribution in [2.24, 2.45) is 5.73 Å². The first-order valence-electron chi connectivity index (χ1n) is 6.25. The fourth-order valence-corrected chi connectivity index (χ4v) is 1.98. The lowest BCUT2D eigenvalue weighted by Crippen LogP contribution is -2.17. The van der Waals surface area contributed by atoms with E-state index < -0.39 is 29.7 Å². The number of alkyl halides is 3. The lowest BCUT2D eigenvalue weighted by molar-refractivity contribution is -0.274. The number of hydrogen-bond donors (Lipinski definition) is 2. The molecule has 0 amide bonds. The van der Waals surface area contributed by atoms with Gasteiger partial charge in [-0.2, -0.15) is 5.26 Å². The Morgan fingerprint density at radius 3 is 2.25 bits per heavy atom. The van der Waals surface area contributed by atoms with Crippen molar-refractivity contribution < 1.29 is 27.4 Å². The molecule has 2 aromatic rings. The van der Waals surface area contributed by atoms with E-state index in [4.69, 9.17) is 11.0 Å². The van der Waals surface area contributed by atoms with Crippen molar-refractivity contribution in [3.8, 4) is 17.6 Å². The van der Waals surface area contributed by atoms with E-state index in [0.29, 0.717) is 5.56 Å². The van der Waals surface area contributed by atoms with Gasteiger partial charge in [-0.25, -0.2) is 4.39 Å². The zero-order chi connectivity index (χ0) is 17.2. The van der Waals surface area contributed by atoms with E-state index in [1.807, 2.05) is 0 Å². The highest BCUT2D eigenvalue weighted by atomic mass is 35.5. The molecule has 2 rings (SSSR count). The van der Waals surface area contributed by atoms with Crippen LogP contribution in [0.25, 0.3) is 0 Å². The molecule has 0 saturated carbocycles. The molecule has 0 aliphatic carbocycles. The molecule has 0 bridgehead atoms. The summed E-state index contributed by atoms with van der Waals surface area (Å²) < 4.78 is 53.6. The van der Waals surface area contributed by atoms with E-state index in [9.17, 15) is 22.7 Å². The normalized spacial score (nSPS) is 12.0. The summed E-state index contributed by atoms with van der Waals surface area (Å²) in [5.41, 5.74) is 6.11. The molecule has 0 spiro atoms. The van der Waals surface area contributed by atoms with E-state index in [1.54, 1.807) is 6.07 Å². The van der Waals surface area contributed by atoms with Gasteiger partial charge in [0.2, 0.25) is 0 Å². The van der Waals surface area contributed by atoms with E-state index in [-0.39, 0.29) is 23.5 Å². The van der Waals surface area contributed by atoms with Crippen molar-refractivity contribution in [2.75, 3.05) is 0 Å².